The first-order chi connectivity index (χ1) is 12.8. The van der Waals surface area contributed by atoms with Crippen LogP contribution in [0.4, 0.5) is 18.9 Å². The zero-order valence-electron chi connectivity index (χ0n) is 14.6. The largest absolute Gasteiger partial charge is 0.457 e. The average Bonchev–Trinajstić information content (AvgIpc) is 3.04. The van der Waals surface area contributed by atoms with Crippen LogP contribution >= 0.6 is 11.6 Å². The van der Waals surface area contributed by atoms with Gasteiger partial charge >= 0.3 is 6.18 Å². The van der Waals surface area contributed by atoms with E-state index < -0.39 is 18.1 Å². The number of halogens is 4. The number of ether oxygens (including phenoxy) is 1. The van der Waals surface area contributed by atoms with Gasteiger partial charge in [-0.15, -0.1) is 0 Å². The van der Waals surface area contributed by atoms with Crippen LogP contribution in [0.2, 0.25) is 5.02 Å². The average molecular weight is 395 g/mol. The topological polar surface area (TPSA) is 36.3 Å². The van der Waals surface area contributed by atoms with Crippen LogP contribution in [0.15, 0.2) is 42.5 Å². The number of hydrogen-bond acceptors (Lipinski definition) is 3. The lowest BCUT2D eigenvalue weighted by atomic mass is 10.0. The predicted octanol–water partition coefficient (Wildman–Crippen LogP) is 6.11. The third-order valence-corrected chi connectivity index (χ3v) is 5.23. The van der Waals surface area contributed by atoms with E-state index in [0.29, 0.717) is 22.2 Å². The normalized spacial score (nSPS) is 19.8. The van der Waals surface area contributed by atoms with E-state index in [4.69, 9.17) is 21.6 Å². The highest BCUT2D eigenvalue weighted by molar-refractivity contribution is 6.31. The fourth-order valence-electron chi connectivity index (χ4n) is 3.30. The second-order valence-corrected chi connectivity index (χ2v) is 7.01. The van der Waals surface area contributed by atoms with Gasteiger partial charge in [0.2, 0.25) is 0 Å². The summed E-state index contributed by atoms with van der Waals surface area (Å²) in [6.45, 7) is 1.71. The molecule has 0 saturated carbocycles. The molecule has 1 aliphatic heterocycles. The van der Waals surface area contributed by atoms with Gasteiger partial charge in [-0.1, -0.05) is 17.7 Å². The zero-order valence-corrected chi connectivity index (χ0v) is 15.4. The van der Waals surface area contributed by atoms with Gasteiger partial charge in [0.25, 0.3) is 0 Å². The minimum atomic E-state index is -4.25. The van der Waals surface area contributed by atoms with E-state index in [9.17, 15) is 13.2 Å². The molecule has 2 aromatic rings. The van der Waals surface area contributed by atoms with Crippen molar-refractivity contribution in [3.05, 3.63) is 53.1 Å². The minimum Gasteiger partial charge on any atom is -0.457 e. The summed E-state index contributed by atoms with van der Waals surface area (Å²) >= 11 is 6.08. The highest BCUT2D eigenvalue weighted by Gasteiger charge is 2.47. The Morgan fingerprint density at radius 2 is 1.93 bits per heavy atom. The summed E-state index contributed by atoms with van der Waals surface area (Å²) in [6.07, 6.45) is -4.25. The summed E-state index contributed by atoms with van der Waals surface area (Å²) in [6, 6.07) is 13.8. The molecule has 7 heteroatoms. The van der Waals surface area contributed by atoms with Crippen LogP contribution in [0, 0.1) is 24.2 Å². The Labute approximate surface area is 160 Å². The van der Waals surface area contributed by atoms with E-state index in [1.807, 2.05) is 13.0 Å². The summed E-state index contributed by atoms with van der Waals surface area (Å²) in [7, 11) is 0. The van der Waals surface area contributed by atoms with Crippen molar-refractivity contribution in [3.63, 3.8) is 0 Å². The highest BCUT2D eigenvalue weighted by Crippen LogP contribution is 2.40. The monoisotopic (exact) mass is 394 g/mol. The third kappa shape index (κ3) is 4.30. The second-order valence-electron chi connectivity index (χ2n) is 6.60. The summed E-state index contributed by atoms with van der Waals surface area (Å²) in [4.78, 5) is 1.66. The number of rotatable bonds is 4. The number of nitriles is 1. The zero-order chi connectivity index (χ0) is 19.6. The molecule has 1 heterocycles. The van der Waals surface area contributed by atoms with Crippen LogP contribution in [-0.4, -0.2) is 18.8 Å². The molecule has 3 nitrogen and oxygen atoms in total. The van der Waals surface area contributed by atoms with E-state index >= 15 is 0 Å². The fourth-order valence-corrected chi connectivity index (χ4v) is 3.47. The molecular formula is C20H18ClF3N2O. The Morgan fingerprint density at radius 3 is 2.56 bits per heavy atom. The molecule has 2 atom stereocenters. The maximum Gasteiger partial charge on any atom is 0.393 e. The molecule has 0 amide bonds. The van der Waals surface area contributed by atoms with Crippen LogP contribution in [0.5, 0.6) is 11.5 Å². The van der Waals surface area contributed by atoms with Crippen molar-refractivity contribution in [2.45, 2.75) is 32.0 Å². The Hall–Kier alpha value is -2.39. The molecular weight excluding hydrogens is 377 g/mol. The van der Waals surface area contributed by atoms with Gasteiger partial charge in [0.15, 0.2) is 0 Å². The van der Waals surface area contributed by atoms with Gasteiger partial charge in [-0.05, 0) is 49.7 Å². The van der Waals surface area contributed by atoms with Gasteiger partial charge in [0.05, 0.1) is 18.4 Å². The SMILES string of the molecule is Cc1c(Cl)cccc1Oc1ccc(N2CC(C(F)(F)F)CC2CC#N)cc1. The van der Waals surface area contributed by atoms with Gasteiger partial charge < -0.3 is 9.64 Å². The lowest BCUT2D eigenvalue weighted by molar-refractivity contribution is -0.168. The van der Waals surface area contributed by atoms with Crippen molar-refractivity contribution in [2.75, 3.05) is 11.4 Å². The Morgan fingerprint density at radius 1 is 1.22 bits per heavy atom. The molecule has 0 N–H and O–H groups in total. The Balaban J connectivity index is 1.78. The smallest absolute Gasteiger partial charge is 0.393 e. The molecule has 0 radical (unpaired) electrons. The molecule has 27 heavy (non-hydrogen) atoms. The standard InChI is InChI=1S/C20H18ClF3N2O/c1-13-18(21)3-2-4-19(13)27-17-7-5-15(6-8-17)26-12-14(20(22,23)24)11-16(26)9-10-25/h2-8,14,16H,9,11-12H2,1H3. The van der Waals surface area contributed by atoms with Crippen LogP contribution < -0.4 is 9.64 Å². The van der Waals surface area contributed by atoms with E-state index in [-0.39, 0.29) is 19.4 Å². The molecule has 1 aliphatic rings. The van der Waals surface area contributed by atoms with Gasteiger partial charge in [-0.25, -0.2) is 0 Å². The lowest BCUT2D eigenvalue weighted by Crippen LogP contribution is -2.30. The molecule has 2 aromatic carbocycles. The molecule has 0 aliphatic carbocycles. The molecule has 0 spiro atoms. The molecule has 1 fully saturated rings. The molecule has 0 aromatic heterocycles. The van der Waals surface area contributed by atoms with E-state index in [1.165, 1.54) is 0 Å². The van der Waals surface area contributed by atoms with E-state index in [1.54, 1.807) is 47.4 Å². The van der Waals surface area contributed by atoms with Crippen LogP contribution in [-0.2, 0) is 0 Å². The number of anilines is 1. The van der Waals surface area contributed by atoms with Crippen LogP contribution in [0.25, 0.3) is 0 Å². The number of nitrogens with zero attached hydrogens (tertiary/aromatic N) is 2. The summed E-state index contributed by atoms with van der Waals surface area (Å²) < 4.78 is 45.1. The predicted molar refractivity (Wildman–Crippen MR) is 98.2 cm³/mol. The number of hydrogen-bond donors (Lipinski definition) is 0. The highest BCUT2D eigenvalue weighted by atomic mass is 35.5. The number of alkyl halides is 3. The maximum absolute atomic E-state index is 13.1. The first-order valence-corrected chi connectivity index (χ1v) is 8.90. The second kappa shape index (κ2) is 7.69. The third-order valence-electron chi connectivity index (χ3n) is 4.82. The van der Waals surface area contributed by atoms with Crippen molar-refractivity contribution < 1.29 is 17.9 Å². The van der Waals surface area contributed by atoms with Crippen molar-refractivity contribution >= 4 is 17.3 Å². The molecule has 1 saturated heterocycles. The molecule has 2 unspecified atom stereocenters. The van der Waals surface area contributed by atoms with Crippen molar-refractivity contribution in [3.8, 4) is 17.6 Å². The van der Waals surface area contributed by atoms with Gasteiger partial charge in [-0.3, -0.25) is 0 Å². The Bertz CT molecular complexity index is 846. The van der Waals surface area contributed by atoms with Crippen LogP contribution in [0.3, 0.4) is 0 Å². The lowest BCUT2D eigenvalue weighted by Gasteiger charge is -2.25. The van der Waals surface area contributed by atoms with Crippen molar-refractivity contribution in [2.24, 2.45) is 5.92 Å². The Kier molecular flexibility index (Phi) is 5.52. The molecule has 3 rings (SSSR count). The first kappa shape index (κ1) is 19.4. The summed E-state index contributed by atoms with van der Waals surface area (Å²) in [5, 5.41) is 9.54. The van der Waals surface area contributed by atoms with Gasteiger partial charge in [-0.2, -0.15) is 18.4 Å². The van der Waals surface area contributed by atoms with E-state index in [0.717, 1.165) is 5.56 Å². The maximum atomic E-state index is 13.1. The van der Waals surface area contributed by atoms with Crippen LogP contribution in [0.1, 0.15) is 18.4 Å². The van der Waals surface area contributed by atoms with E-state index in [2.05, 4.69) is 0 Å². The minimum absolute atomic E-state index is 0.0585. The summed E-state index contributed by atoms with van der Waals surface area (Å²) in [5.74, 6) is -0.232. The van der Waals surface area contributed by atoms with Crippen molar-refractivity contribution in [1.82, 2.24) is 0 Å². The quantitative estimate of drug-likeness (QED) is 0.627. The molecule has 0 bridgehead atoms. The van der Waals surface area contributed by atoms with Gasteiger partial charge in [0.1, 0.15) is 11.5 Å². The van der Waals surface area contributed by atoms with Crippen molar-refractivity contribution in [1.29, 1.82) is 5.26 Å². The molecule has 142 valence electrons. The van der Waals surface area contributed by atoms with Gasteiger partial charge in [0, 0.05) is 28.9 Å². The first-order valence-electron chi connectivity index (χ1n) is 8.53. The number of benzene rings is 2. The fraction of sp³-hybridized carbons (Fsp3) is 0.350. The summed E-state index contributed by atoms with van der Waals surface area (Å²) in [5.41, 5.74) is 1.46.